The highest BCUT2D eigenvalue weighted by molar-refractivity contribution is 5.80. The number of amides is 1. The summed E-state index contributed by atoms with van der Waals surface area (Å²) in [7, 11) is 4.00. The summed E-state index contributed by atoms with van der Waals surface area (Å²) in [5.74, 6) is 0.351. The number of hydrogen-bond donors (Lipinski definition) is 2. The molecule has 0 bridgehead atoms. The fourth-order valence-electron chi connectivity index (χ4n) is 4.61. The molecule has 2 unspecified atom stereocenters. The molecule has 5 rings (SSSR count). The number of hydrogen-bond acceptors (Lipinski definition) is 9. The topological polar surface area (TPSA) is 118 Å². The highest BCUT2D eigenvalue weighted by Crippen LogP contribution is 2.33. The molecule has 1 amide bonds. The highest BCUT2D eigenvalue weighted by Gasteiger charge is 2.36. The van der Waals surface area contributed by atoms with Gasteiger partial charge in [-0.2, -0.15) is 0 Å². The Morgan fingerprint density at radius 1 is 1.15 bits per heavy atom. The van der Waals surface area contributed by atoms with Crippen LogP contribution in [-0.4, -0.2) is 102 Å². The van der Waals surface area contributed by atoms with Crippen LogP contribution in [0.5, 0.6) is 0 Å². The number of ether oxygens (including phenoxy) is 3. The second-order valence-electron chi connectivity index (χ2n) is 10.1. The number of morpholine rings is 1. The molecule has 2 aliphatic rings. The lowest BCUT2D eigenvalue weighted by Gasteiger charge is -2.39. The van der Waals surface area contributed by atoms with Crippen LogP contribution in [0.15, 0.2) is 36.5 Å². The highest BCUT2D eigenvalue weighted by atomic mass is 19.1. The van der Waals surface area contributed by atoms with Crippen LogP contribution in [0.3, 0.4) is 0 Å². The maximum Gasteiger partial charge on any atom is 0.230 e. The third kappa shape index (κ3) is 6.41. The van der Waals surface area contributed by atoms with E-state index in [-0.39, 0.29) is 30.5 Å². The van der Waals surface area contributed by atoms with Gasteiger partial charge < -0.3 is 34.3 Å². The molecule has 2 N–H and O–H groups in total. The average Bonchev–Trinajstić information content (AvgIpc) is 3.39. The first-order valence-corrected chi connectivity index (χ1v) is 13.0. The van der Waals surface area contributed by atoms with Crippen LogP contribution in [0.1, 0.15) is 18.9 Å². The Balaban J connectivity index is 1.44. The maximum atomic E-state index is 13.7. The van der Waals surface area contributed by atoms with Gasteiger partial charge in [0.15, 0.2) is 0 Å². The molecule has 208 valence electrons. The van der Waals surface area contributed by atoms with Crippen molar-refractivity contribution in [3.8, 4) is 22.6 Å². The number of H-pyrrole nitrogens is 1. The Morgan fingerprint density at radius 2 is 1.92 bits per heavy atom. The number of benzene rings is 1. The fourth-order valence-corrected chi connectivity index (χ4v) is 4.61. The van der Waals surface area contributed by atoms with Gasteiger partial charge in [0.05, 0.1) is 55.4 Å². The lowest BCUT2D eigenvalue weighted by molar-refractivity contribution is -0.170. The fraction of sp³-hybridized carbons (Fsp3) is 0.481. The van der Waals surface area contributed by atoms with Crippen molar-refractivity contribution in [3.63, 3.8) is 0 Å². The first-order chi connectivity index (χ1) is 18.9. The average molecular weight is 540 g/mol. The lowest BCUT2D eigenvalue weighted by atomic mass is 10.1. The van der Waals surface area contributed by atoms with Crippen LogP contribution in [0.25, 0.3) is 22.6 Å². The molecular formula is C27H34FN7O4. The number of likely N-dealkylation sites (N-methyl/N-ethyl adjacent to an activating group) is 1. The summed E-state index contributed by atoms with van der Waals surface area (Å²) in [4.78, 5) is 34.5. The van der Waals surface area contributed by atoms with Gasteiger partial charge in [-0.15, -0.1) is 0 Å². The molecule has 3 aromatic rings. The molecule has 0 radical (unpaired) electrons. The zero-order valence-electron chi connectivity index (χ0n) is 22.4. The van der Waals surface area contributed by atoms with E-state index in [1.165, 1.54) is 12.1 Å². The Labute approximate surface area is 226 Å². The monoisotopic (exact) mass is 539 g/mol. The van der Waals surface area contributed by atoms with E-state index in [0.29, 0.717) is 61.8 Å². The first kappa shape index (κ1) is 27.1. The summed E-state index contributed by atoms with van der Waals surface area (Å²) in [6, 6.07) is 7.85. The van der Waals surface area contributed by atoms with Crippen LogP contribution in [0.2, 0.25) is 0 Å². The van der Waals surface area contributed by atoms with Crippen molar-refractivity contribution >= 4 is 11.9 Å². The largest absolute Gasteiger partial charge is 0.366 e. The quantitative estimate of drug-likeness (QED) is 0.445. The summed E-state index contributed by atoms with van der Waals surface area (Å²) in [5, 5.41) is 3.24. The Kier molecular flexibility index (Phi) is 8.46. The number of carbonyl (C=O) groups is 1. The van der Waals surface area contributed by atoms with Crippen LogP contribution < -0.4 is 5.32 Å². The van der Waals surface area contributed by atoms with Crippen molar-refractivity contribution in [2.75, 3.05) is 65.7 Å². The number of carbonyl (C=O) groups excluding carboxylic acids is 1. The summed E-state index contributed by atoms with van der Waals surface area (Å²) < 4.78 is 30.6. The first-order valence-electron chi connectivity index (χ1n) is 13.0. The number of imidazole rings is 1. The van der Waals surface area contributed by atoms with E-state index in [1.54, 1.807) is 24.4 Å². The van der Waals surface area contributed by atoms with Crippen LogP contribution >= 0.6 is 0 Å². The van der Waals surface area contributed by atoms with E-state index in [4.69, 9.17) is 24.2 Å². The molecule has 39 heavy (non-hydrogen) atoms. The second kappa shape index (κ2) is 12.2. The standard InChI is InChI=1S/C27H34FN7O4/c1-17-13-39-22(12-35(17)26(36)19-14-37-16-38-15-19)25-32-23(18-4-6-20(28)7-5-18)24(33-25)21-8-9-29-27(31-21)30-10-11-34(2)3/h4-9,17,19,22H,10-16H2,1-3H3,(H,32,33)(H,29,30,31). The van der Waals surface area contributed by atoms with Crippen molar-refractivity contribution in [1.82, 2.24) is 29.7 Å². The Hall–Kier alpha value is -3.45. The predicted molar refractivity (Wildman–Crippen MR) is 142 cm³/mol. The minimum Gasteiger partial charge on any atom is -0.366 e. The third-order valence-electron chi connectivity index (χ3n) is 6.77. The van der Waals surface area contributed by atoms with Gasteiger partial charge >= 0.3 is 0 Å². The van der Waals surface area contributed by atoms with Crippen LogP contribution in [0.4, 0.5) is 10.3 Å². The summed E-state index contributed by atoms with van der Waals surface area (Å²) in [6.45, 7) is 5.05. The summed E-state index contributed by atoms with van der Waals surface area (Å²) >= 11 is 0. The van der Waals surface area contributed by atoms with Crippen molar-refractivity contribution < 1.29 is 23.4 Å². The SMILES string of the molecule is CC1COC(c2nc(-c3ccc(F)cc3)c(-c3ccnc(NCCN(C)C)n3)[nH]2)CN1C(=O)C1COCOC1. The predicted octanol–water partition coefficient (Wildman–Crippen LogP) is 2.56. The minimum atomic E-state index is -0.483. The van der Waals surface area contributed by atoms with Crippen LogP contribution in [0, 0.1) is 11.7 Å². The smallest absolute Gasteiger partial charge is 0.230 e. The van der Waals surface area contributed by atoms with E-state index in [2.05, 4.69) is 20.2 Å². The minimum absolute atomic E-state index is 0.0229. The number of anilines is 1. The molecule has 2 aromatic heterocycles. The van der Waals surface area contributed by atoms with Gasteiger partial charge in [-0.25, -0.2) is 19.3 Å². The summed E-state index contributed by atoms with van der Waals surface area (Å²) in [5.41, 5.74) is 2.62. The Morgan fingerprint density at radius 3 is 2.67 bits per heavy atom. The molecule has 4 heterocycles. The molecule has 2 aliphatic heterocycles. The van der Waals surface area contributed by atoms with E-state index in [0.717, 1.165) is 12.1 Å². The van der Waals surface area contributed by atoms with Crippen molar-refractivity contribution in [2.45, 2.75) is 19.1 Å². The van der Waals surface area contributed by atoms with E-state index in [9.17, 15) is 9.18 Å². The molecule has 2 fully saturated rings. The lowest BCUT2D eigenvalue weighted by Crippen LogP contribution is -2.52. The number of rotatable bonds is 8. The molecule has 2 saturated heterocycles. The molecular weight excluding hydrogens is 505 g/mol. The number of aromatic amines is 1. The van der Waals surface area contributed by atoms with Gasteiger partial charge in [-0.05, 0) is 51.4 Å². The second-order valence-corrected chi connectivity index (χ2v) is 10.1. The van der Waals surface area contributed by atoms with Crippen molar-refractivity contribution in [3.05, 3.63) is 48.2 Å². The van der Waals surface area contributed by atoms with E-state index in [1.807, 2.05) is 25.9 Å². The number of nitrogens with one attached hydrogen (secondary N) is 2. The third-order valence-corrected chi connectivity index (χ3v) is 6.77. The molecule has 1 aromatic carbocycles. The molecule has 0 spiro atoms. The maximum absolute atomic E-state index is 13.7. The van der Waals surface area contributed by atoms with Crippen molar-refractivity contribution in [2.24, 2.45) is 5.92 Å². The normalized spacial score (nSPS) is 20.4. The van der Waals surface area contributed by atoms with Gasteiger partial charge in [0.25, 0.3) is 0 Å². The number of aromatic nitrogens is 4. The van der Waals surface area contributed by atoms with Crippen LogP contribution in [-0.2, 0) is 19.0 Å². The molecule has 2 atom stereocenters. The van der Waals surface area contributed by atoms with E-state index >= 15 is 0 Å². The molecule has 12 heteroatoms. The summed E-state index contributed by atoms with van der Waals surface area (Å²) in [6.07, 6.45) is 1.20. The van der Waals surface area contributed by atoms with Gasteiger partial charge in [0.1, 0.15) is 24.5 Å². The molecule has 0 aliphatic carbocycles. The number of halogens is 1. The van der Waals surface area contributed by atoms with Crippen molar-refractivity contribution in [1.29, 1.82) is 0 Å². The molecule has 11 nitrogen and oxygen atoms in total. The zero-order chi connectivity index (χ0) is 27.4. The van der Waals surface area contributed by atoms with E-state index < -0.39 is 6.10 Å². The van der Waals surface area contributed by atoms with Gasteiger partial charge in [0.2, 0.25) is 11.9 Å². The van der Waals surface area contributed by atoms with Gasteiger partial charge in [-0.1, -0.05) is 0 Å². The van der Waals surface area contributed by atoms with Gasteiger partial charge in [-0.3, -0.25) is 4.79 Å². The number of nitrogens with zero attached hydrogens (tertiary/aromatic N) is 5. The van der Waals surface area contributed by atoms with Gasteiger partial charge in [0, 0.05) is 24.8 Å². The Bertz CT molecular complexity index is 1260. The zero-order valence-corrected chi connectivity index (χ0v) is 22.4. The molecule has 0 saturated carbocycles.